The molecule has 0 saturated heterocycles. The molecule has 1 rings (SSSR count). The van der Waals surface area contributed by atoms with Crippen molar-refractivity contribution in [2.24, 2.45) is 11.3 Å². The molecule has 118 valence electrons. The van der Waals surface area contributed by atoms with Crippen molar-refractivity contribution in [2.45, 2.75) is 46.6 Å². The molecule has 1 N–H and O–H groups in total. The van der Waals surface area contributed by atoms with E-state index in [4.69, 9.17) is 4.74 Å². The largest absolute Gasteiger partial charge is 0.453 e. The van der Waals surface area contributed by atoms with E-state index in [1.165, 1.54) is 13.2 Å². The maximum absolute atomic E-state index is 12.2. The molecule has 0 bridgehead atoms. The van der Waals surface area contributed by atoms with Gasteiger partial charge < -0.3 is 14.8 Å². The first-order chi connectivity index (χ1) is 9.64. The number of carbonyl (C=O) groups excluding carboxylic acids is 3. The molecular formula is C15H23NO5. The van der Waals surface area contributed by atoms with Gasteiger partial charge in [0.25, 0.3) is 0 Å². The average molecular weight is 297 g/mol. The molecule has 0 fully saturated rings. The van der Waals surface area contributed by atoms with Crippen LogP contribution < -0.4 is 5.32 Å². The first-order valence-corrected chi connectivity index (χ1v) is 6.94. The third kappa shape index (κ3) is 5.21. The second-order valence-corrected chi connectivity index (χ2v) is 6.37. The van der Waals surface area contributed by atoms with E-state index in [9.17, 15) is 14.4 Å². The Morgan fingerprint density at radius 1 is 1.29 bits per heavy atom. The number of rotatable bonds is 4. The number of ketones is 1. The van der Waals surface area contributed by atoms with E-state index in [1.807, 2.05) is 13.8 Å². The van der Waals surface area contributed by atoms with E-state index < -0.39 is 18.1 Å². The van der Waals surface area contributed by atoms with Crippen molar-refractivity contribution in [1.29, 1.82) is 0 Å². The summed E-state index contributed by atoms with van der Waals surface area (Å²) in [4.78, 5) is 35.1. The standard InChI is InChI=1S/C15H23NO5/c1-9(2)12(16-14(19)20-5)13(18)21-11-6-10(17)7-15(3,4)8-11/h6,9,12H,7-8H2,1-5H3,(H,16,19)/t12-/m0/s1. The molecule has 0 radical (unpaired) electrons. The Morgan fingerprint density at radius 3 is 2.38 bits per heavy atom. The molecule has 0 unspecified atom stereocenters. The summed E-state index contributed by atoms with van der Waals surface area (Å²) in [6, 6.07) is -0.821. The first kappa shape index (κ1) is 17.2. The highest BCUT2D eigenvalue weighted by Gasteiger charge is 2.32. The van der Waals surface area contributed by atoms with Crippen molar-refractivity contribution in [1.82, 2.24) is 5.32 Å². The maximum Gasteiger partial charge on any atom is 0.407 e. The van der Waals surface area contributed by atoms with Crippen molar-refractivity contribution in [3.8, 4) is 0 Å². The second kappa shape index (κ2) is 6.74. The molecule has 0 aromatic heterocycles. The quantitative estimate of drug-likeness (QED) is 0.804. The minimum atomic E-state index is -0.821. The lowest BCUT2D eigenvalue weighted by atomic mass is 9.79. The van der Waals surface area contributed by atoms with Crippen LogP contribution in [0.25, 0.3) is 0 Å². The van der Waals surface area contributed by atoms with E-state index in [-0.39, 0.29) is 17.1 Å². The Hall–Kier alpha value is -1.85. The number of amides is 1. The van der Waals surface area contributed by atoms with Gasteiger partial charge in [-0.15, -0.1) is 0 Å². The summed E-state index contributed by atoms with van der Waals surface area (Å²) in [5, 5.41) is 2.44. The molecular weight excluding hydrogens is 274 g/mol. The fraction of sp³-hybridized carbons (Fsp3) is 0.667. The van der Waals surface area contributed by atoms with Crippen LogP contribution in [-0.2, 0) is 19.1 Å². The van der Waals surface area contributed by atoms with Gasteiger partial charge in [-0.2, -0.15) is 0 Å². The summed E-state index contributed by atoms with van der Waals surface area (Å²) in [5.41, 5.74) is -0.232. The normalized spacial score (nSPS) is 18.8. The highest BCUT2D eigenvalue weighted by molar-refractivity contribution is 5.92. The topological polar surface area (TPSA) is 81.7 Å². The lowest BCUT2D eigenvalue weighted by Gasteiger charge is -2.29. The summed E-state index contributed by atoms with van der Waals surface area (Å²) in [5.74, 6) is -0.466. The zero-order valence-corrected chi connectivity index (χ0v) is 13.2. The zero-order chi connectivity index (χ0) is 16.2. The number of hydrogen-bond donors (Lipinski definition) is 1. The molecule has 21 heavy (non-hydrogen) atoms. The Labute approximate surface area is 124 Å². The number of carbonyl (C=O) groups is 3. The number of methoxy groups -OCH3 is 1. The van der Waals surface area contributed by atoms with Gasteiger partial charge in [0, 0.05) is 18.9 Å². The predicted molar refractivity (Wildman–Crippen MR) is 76.4 cm³/mol. The van der Waals surface area contributed by atoms with Crippen LogP contribution in [0.2, 0.25) is 0 Å². The third-order valence-electron chi connectivity index (χ3n) is 3.24. The molecule has 1 aliphatic carbocycles. The second-order valence-electron chi connectivity index (χ2n) is 6.37. The van der Waals surface area contributed by atoms with Crippen molar-refractivity contribution in [3.05, 3.63) is 11.8 Å². The summed E-state index contributed by atoms with van der Waals surface area (Å²) < 4.78 is 9.79. The summed E-state index contributed by atoms with van der Waals surface area (Å²) in [6.45, 7) is 7.45. The lowest BCUT2D eigenvalue weighted by Crippen LogP contribution is -2.45. The van der Waals surface area contributed by atoms with Crippen LogP contribution in [0, 0.1) is 11.3 Å². The molecule has 1 atom stereocenters. The van der Waals surface area contributed by atoms with Gasteiger partial charge in [-0.05, 0) is 11.3 Å². The number of allylic oxidation sites excluding steroid dienone is 2. The molecule has 0 saturated carbocycles. The minimum absolute atomic E-state index is 0.0592. The van der Waals surface area contributed by atoms with Gasteiger partial charge >= 0.3 is 12.1 Å². The van der Waals surface area contributed by atoms with Crippen LogP contribution in [-0.4, -0.2) is 31.0 Å². The van der Waals surface area contributed by atoms with E-state index in [0.29, 0.717) is 18.6 Å². The average Bonchev–Trinajstić information content (AvgIpc) is 2.32. The van der Waals surface area contributed by atoms with Gasteiger partial charge in [-0.1, -0.05) is 27.7 Å². The SMILES string of the molecule is COC(=O)N[C@H](C(=O)OC1=CC(=O)CC(C)(C)C1)C(C)C. The van der Waals surface area contributed by atoms with Crippen LogP contribution >= 0.6 is 0 Å². The number of alkyl carbamates (subject to hydrolysis) is 1. The van der Waals surface area contributed by atoms with Gasteiger partial charge in [0.05, 0.1) is 7.11 Å². The van der Waals surface area contributed by atoms with E-state index in [0.717, 1.165) is 0 Å². The van der Waals surface area contributed by atoms with Crippen molar-refractivity contribution < 1.29 is 23.9 Å². The highest BCUT2D eigenvalue weighted by Crippen LogP contribution is 2.34. The summed E-state index contributed by atoms with van der Waals surface area (Å²) >= 11 is 0. The van der Waals surface area contributed by atoms with Gasteiger partial charge in [0.1, 0.15) is 11.8 Å². The van der Waals surface area contributed by atoms with Gasteiger partial charge in [-0.3, -0.25) is 4.79 Å². The first-order valence-electron chi connectivity index (χ1n) is 6.94. The van der Waals surface area contributed by atoms with Crippen LogP contribution in [0.15, 0.2) is 11.8 Å². The van der Waals surface area contributed by atoms with Crippen molar-refractivity contribution >= 4 is 17.8 Å². The van der Waals surface area contributed by atoms with Crippen molar-refractivity contribution in [3.63, 3.8) is 0 Å². The predicted octanol–water partition coefficient (Wildman–Crippen LogP) is 2.18. The molecule has 0 aliphatic heterocycles. The zero-order valence-electron chi connectivity index (χ0n) is 13.2. The Balaban J connectivity index is 2.77. The molecule has 1 aliphatic rings. The van der Waals surface area contributed by atoms with E-state index in [2.05, 4.69) is 10.1 Å². The fourth-order valence-corrected chi connectivity index (χ4v) is 2.23. The molecule has 0 spiro atoms. The molecule has 6 nitrogen and oxygen atoms in total. The Morgan fingerprint density at radius 2 is 1.90 bits per heavy atom. The fourth-order valence-electron chi connectivity index (χ4n) is 2.23. The molecule has 0 aromatic carbocycles. The van der Waals surface area contributed by atoms with Gasteiger partial charge in [-0.25, -0.2) is 9.59 Å². The van der Waals surface area contributed by atoms with Gasteiger partial charge in [0.2, 0.25) is 0 Å². The minimum Gasteiger partial charge on any atom is -0.453 e. The van der Waals surface area contributed by atoms with Gasteiger partial charge in [0.15, 0.2) is 5.78 Å². The summed E-state index contributed by atoms with van der Waals surface area (Å²) in [6.07, 6.45) is 1.61. The lowest BCUT2D eigenvalue weighted by molar-refractivity contribution is -0.143. The van der Waals surface area contributed by atoms with Crippen LogP contribution in [0.1, 0.15) is 40.5 Å². The van der Waals surface area contributed by atoms with Crippen molar-refractivity contribution in [2.75, 3.05) is 7.11 Å². The Kier molecular flexibility index (Phi) is 5.52. The molecule has 0 heterocycles. The number of esters is 1. The molecule has 1 amide bonds. The number of ether oxygens (including phenoxy) is 2. The molecule has 0 aromatic rings. The monoisotopic (exact) mass is 297 g/mol. The Bertz CT molecular complexity index is 465. The summed E-state index contributed by atoms with van der Waals surface area (Å²) in [7, 11) is 1.23. The molecule has 6 heteroatoms. The van der Waals surface area contributed by atoms with E-state index in [1.54, 1.807) is 13.8 Å². The number of hydrogen-bond acceptors (Lipinski definition) is 5. The smallest absolute Gasteiger partial charge is 0.407 e. The number of nitrogens with one attached hydrogen (secondary N) is 1. The van der Waals surface area contributed by atoms with E-state index >= 15 is 0 Å². The maximum atomic E-state index is 12.2. The van der Waals surface area contributed by atoms with Crippen LogP contribution in [0.3, 0.4) is 0 Å². The van der Waals surface area contributed by atoms with Crippen LogP contribution in [0.5, 0.6) is 0 Å². The highest BCUT2D eigenvalue weighted by atomic mass is 16.5. The third-order valence-corrected chi connectivity index (χ3v) is 3.24. The van der Waals surface area contributed by atoms with Crippen LogP contribution in [0.4, 0.5) is 4.79 Å².